The van der Waals surface area contributed by atoms with Crippen LogP contribution in [0.25, 0.3) is 6.08 Å². The molecule has 2 rings (SSSR count). The van der Waals surface area contributed by atoms with Gasteiger partial charge in [-0.05, 0) is 79.5 Å². The SMILES string of the molecule is C=C(CCC)C1=CCB(O)OC1CC/C(=C/c1cc(C)c(O)c(C)c1)CC. The number of aryl methyl sites for hydroxylation is 2. The van der Waals surface area contributed by atoms with Gasteiger partial charge in [0.1, 0.15) is 5.75 Å². The molecule has 3 nitrogen and oxygen atoms in total. The van der Waals surface area contributed by atoms with Crippen LogP contribution in [0.1, 0.15) is 62.6 Å². The standard InChI is InChI=1S/C23H33BO3/c1-6-8-16(3)21-11-12-24(26)27-22(21)10-9-19(7-2)15-20-13-17(4)23(25)18(5)14-20/h11,13-15,22,25-26H,3,6-10,12H2,1-2,4-5H3/b19-15+. The van der Waals surface area contributed by atoms with Gasteiger partial charge >= 0.3 is 7.12 Å². The summed E-state index contributed by atoms with van der Waals surface area (Å²) in [6.45, 7) is 12.4. The first-order valence-electron chi connectivity index (χ1n) is 10.1. The molecule has 146 valence electrons. The minimum absolute atomic E-state index is 0.0916. The third kappa shape index (κ3) is 5.85. The van der Waals surface area contributed by atoms with Gasteiger partial charge in [-0.15, -0.1) is 0 Å². The molecule has 0 bridgehead atoms. The third-order valence-electron chi connectivity index (χ3n) is 5.23. The quantitative estimate of drug-likeness (QED) is 0.575. The Labute approximate surface area is 164 Å². The molecule has 1 atom stereocenters. The highest BCUT2D eigenvalue weighted by molar-refractivity contribution is 6.43. The van der Waals surface area contributed by atoms with Crippen molar-refractivity contribution >= 4 is 13.2 Å². The molecule has 0 amide bonds. The summed E-state index contributed by atoms with van der Waals surface area (Å²) >= 11 is 0. The van der Waals surface area contributed by atoms with Gasteiger partial charge in [0.2, 0.25) is 0 Å². The maximum absolute atomic E-state index is 9.97. The van der Waals surface area contributed by atoms with Gasteiger partial charge < -0.3 is 14.8 Å². The predicted octanol–water partition coefficient (Wildman–Crippen LogP) is 5.74. The van der Waals surface area contributed by atoms with Crippen molar-refractivity contribution in [1.82, 2.24) is 0 Å². The molecular weight excluding hydrogens is 335 g/mol. The summed E-state index contributed by atoms with van der Waals surface area (Å²) in [5.41, 5.74) is 6.54. The van der Waals surface area contributed by atoms with Crippen LogP contribution in [0.3, 0.4) is 0 Å². The van der Waals surface area contributed by atoms with Gasteiger partial charge in [-0.25, -0.2) is 0 Å². The minimum Gasteiger partial charge on any atom is -0.507 e. The monoisotopic (exact) mass is 368 g/mol. The molecule has 0 radical (unpaired) electrons. The number of aromatic hydroxyl groups is 1. The van der Waals surface area contributed by atoms with E-state index in [1.807, 2.05) is 26.0 Å². The summed E-state index contributed by atoms with van der Waals surface area (Å²) in [7, 11) is -0.718. The zero-order chi connectivity index (χ0) is 20.0. The van der Waals surface area contributed by atoms with Gasteiger partial charge in [0, 0.05) is 6.32 Å². The molecule has 1 heterocycles. The third-order valence-corrected chi connectivity index (χ3v) is 5.23. The van der Waals surface area contributed by atoms with E-state index < -0.39 is 7.12 Å². The van der Waals surface area contributed by atoms with E-state index in [0.29, 0.717) is 12.1 Å². The molecule has 0 saturated carbocycles. The van der Waals surface area contributed by atoms with Crippen LogP contribution in [0.4, 0.5) is 0 Å². The average Bonchev–Trinajstić information content (AvgIpc) is 2.63. The molecule has 1 aromatic carbocycles. The van der Waals surface area contributed by atoms with Crippen molar-refractivity contribution < 1.29 is 14.8 Å². The van der Waals surface area contributed by atoms with Crippen molar-refractivity contribution in [2.75, 3.05) is 0 Å². The molecule has 1 unspecified atom stereocenters. The van der Waals surface area contributed by atoms with Gasteiger partial charge in [0.05, 0.1) is 6.10 Å². The Morgan fingerprint density at radius 3 is 2.52 bits per heavy atom. The van der Waals surface area contributed by atoms with E-state index in [4.69, 9.17) is 4.65 Å². The number of benzene rings is 1. The lowest BCUT2D eigenvalue weighted by atomic mass is 9.77. The van der Waals surface area contributed by atoms with Crippen molar-refractivity contribution in [2.24, 2.45) is 0 Å². The minimum atomic E-state index is -0.718. The van der Waals surface area contributed by atoms with Crippen LogP contribution in [0, 0.1) is 13.8 Å². The molecule has 0 saturated heterocycles. The van der Waals surface area contributed by atoms with E-state index in [9.17, 15) is 10.1 Å². The Balaban J connectivity index is 2.12. The fourth-order valence-electron chi connectivity index (χ4n) is 3.70. The number of phenolic OH excluding ortho intramolecular Hbond substituents is 1. The van der Waals surface area contributed by atoms with E-state index in [0.717, 1.165) is 59.9 Å². The van der Waals surface area contributed by atoms with E-state index >= 15 is 0 Å². The number of allylic oxidation sites excluding steroid dienone is 2. The van der Waals surface area contributed by atoms with Crippen molar-refractivity contribution in [3.05, 3.63) is 58.2 Å². The van der Waals surface area contributed by atoms with Gasteiger partial charge in [0.15, 0.2) is 0 Å². The highest BCUT2D eigenvalue weighted by atomic mass is 16.5. The van der Waals surface area contributed by atoms with Crippen LogP contribution in [0.2, 0.25) is 6.32 Å². The molecule has 2 N–H and O–H groups in total. The second-order valence-electron chi connectivity index (χ2n) is 7.53. The second kappa shape index (κ2) is 9.96. The topological polar surface area (TPSA) is 49.7 Å². The lowest BCUT2D eigenvalue weighted by Gasteiger charge is -2.28. The lowest BCUT2D eigenvalue weighted by Crippen LogP contribution is -2.31. The first-order valence-corrected chi connectivity index (χ1v) is 10.1. The van der Waals surface area contributed by atoms with Crippen molar-refractivity contribution in [2.45, 2.75) is 72.2 Å². The fraction of sp³-hybridized carbons (Fsp3) is 0.478. The number of rotatable bonds is 8. The summed E-state index contributed by atoms with van der Waals surface area (Å²) in [5, 5.41) is 19.9. The van der Waals surface area contributed by atoms with Crippen molar-refractivity contribution in [3.63, 3.8) is 0 Å². The first-order chi connectivity index (χ1) is 12.8. The smallest absolute Gasteiger partial charge is 0.458 e. The van der Waals surface area contributed by atoms with Gasteiger partial charge in [0.25, 0.3) is 0 Å². The maximum Gasteiger partial charge on any atom is 0.458 e. The molecular formula is C23H33BO3. The number of hydrogen-bond donors (Lipinski definition) is 2. The fourth-order valence-corrected chi connectivity index (χ4v) is 3.70. The second-order valence-corrected chi connectivity index (χ2v) is 7.53. The number of hydrogen-bond acceptors (Lipinski definition) is 3. The molecule has 27 heavy (non-hydrogen) atoms. The Bertz CT molecular complexity index is 710. The molecule has 0 aromatic heterocycles. The van der Waals surface area contributed by atoms with E-state index in [1.54, 1.807) is 0 Å². The lowest BCUT2D eigenvalue weighted by molar-refractivity contribution is 0.182. The van der Waals surface area contributed by atoms with Crippen LogP contribution in [0.15, 0.2) is 41.5 Å². The Morgan fingerprint density at radius 2 is 1.93 bits per heavy atom. The highest BCUT2D eigenvalue weighted by Crippen LogP contribution is 2.30. The van der Waals surface area contributed by atoms with E-state index in [-0.39, 0.29) is 6.10 Å². The Hall–Kier alpha value is -1.78. The molecule has 4 heteroatoms. The summed E-state index contributed by atoms with van der Waals surface area (Å²) < 4.78 is 5.83. The molecule has 0 aliphatic carbocycles. The molecule has 0 spiro atoms. The van der Waals surface area contributed by atoms with Gasteiger partial charge in [-0.3, -0.25) is 0 Å². The Morgan fingerprint density at radius 1 is 1.26 bits per heavy atom. The normalized spacial score (nSPS) is 17.8. The van der Waals surface area contributed by atoms with Gasteiger partial charge in [-0.2, -0.15) is 0 Å². The van der Waals surface area contributed by atoms with Crippen LogP contribution < -0.4 is 0 Å². The van der Waals surface area contributed by atoms with Crippen molar-refractivity contribution in [1.29, 1.82) is 0 Å². The van der Waals surface area contributed by atoms with E-state index in [2.05, 4.69) is 32.6 Å². The maximum atomic E-state index is 9.97. The molecule has 1 aliphatic rings. The van der Waals surface area contributed by atoms with Crippen LogP contribution >= 0.6 is 0 Å². The largest absolute Gasteiger partial charge is 0.507 e. The zero-order valence-corrected chi connectivity index (χ0v) is 17.2. The number of phenols is 1. The van der Waals surface area contributed by atoms with Crippen molar-refractivity contribution in [3.8, 4) is 5.75 Å². The van der Waals surface area contributed by atoms with Crippen LogP contribution in [0.5, 0.6) is 5.75 Å². The summed E-state index contributed by atoms with van der Waals surface area (Å²) in [6, 6.07) is 4.04. The highest BCUT2D eigenvalue weighted by Gasteiger charge is 2.27. The van der Waals surface area contributed by atoms with Crippen LogP contribution in [-0.4, -0.2) is 23.4 Å². The van der Waals surface area contributed by atoms with Gasteiger partial charge in [-0.1, -0.05) is 44.6 Å². The molecule has 1 aromatic rings. The molecule has 0 fully saturated rings. The average molecular weight is 368 g/mol. The van der Waals surface area contributed by atoms with Crippen LogP contribution in [-0.2, 0) is 4.65 Å². The Kier molecular flexibility index (Phi) is 7.94. The summed E-state index contributed by atoms with van der Waals surface area (Å²) in [5.74, 6) is 0.374. The zero-order valence-electron chi connectivity index (χ0n) is 17.2. The first kappa shape index (κ1) is 21.5. The summed E-state index contributed by atoms with van der Waals surface area (Å²) in [6.07, 6.45) is 9.48. The van der Waals surface area contributed by atoms with E-state index in [1.165, 1.54) is 5.57 Å². The summed E-state index contributed by atoms with van der Waals surface area (Å²) in [4.78, 5) is 0. The predicted molar refractivity (Wildman–Crippen MR) is 115 cm³/mol. The molecule has 1 aliphatic heterocycles.